The molecule has 0 heterocycles. The quantitative estimate of drug-likeness (QED) is 0.147. The highest BCUT2D eigenvalue weighted by Crippen LogP contribution is 2.19. The van der Waals surface area contributed by atoms with E-state index in [-0.39, 0.29) is 17.9 Å². The van der Waals surface area contributed by atoms with Gasteiger partial charge in [-0.15, -0.1) is 0 Å². The van der Waals surface area contributed by atoms with Crippen molar-refractivity contribution >= 4 is 29.3 Å². The summed E-state index contributed by atoms with van der Waals surface area (Å²) < 4.78 is 36.5. The Labute approximate surface area is 195 Å². The fourth-order valence-corrected chi connectivity index (χ4v) is 5.63. The van der Waals surface area contributed by atoms with Crippen LogP contribution in [-0.2, 0) is 41.2 Å². The van der Waals surface area contributed by atoms with Crippen LogP contribution in [0.3, 0.4) is 0 Å². The van der Waals surface area contributed by atoms with Gasteiger partial charge in [0, 0.05) is 52.7 Å². The van der Waals surface area contributed by atoms with E-state index in [0.717, 1.165) is 12.5 Å². The Morgan fingerprint density at radius 1 is 0.812 bits per heavy atom. The summed E-state index contributed by atoms with van der Waals surface area (Å²) in [5, 5.41) is 0. The summed E-state index contributed by atoms with van der Waals surface area (Å²) in [4.78, 5) is 22.3. The summed E-state index contributed by atoms with van der Waals surface area (Å²) in [7, 11) is 3.38. The van der Waals surface area contributed by atoms with Crippen LogP contribution in [0.5, 0.6) is 0 Å². The third-order valence-electron chi connectivity index (χ3n) is 4.60. The Morgan fingerprint density at radius 2 is 1.25 bits per heavy atom. The summed E-state index contributed by atoms with van der Waals surface area (Å²) in [6, 6.07) is 1.41. The van der Waals surface area contributed by atoms with Gasteiger partial charge in [0.15, 0.2) is 0 Å². The molecule has 0 aromatic heterocycles. The summed E-state index contributed by atoms with van der Waals surface area (Å²) in [5.41, 5.74) is 0.819. The minimum atomic E-state index is -2.59. The molecule has 0 fully saturated rings. The van der Waals surface area contributed by atoms with E-state index in [1.807, 2.05) is 13.5 Å². The van der Waals surface area contributed by atoms with Crippen LogP contribution in [0.2, 0.25) is 18.6 Å². The topological polar surface area (TPSA) is 98.8 Å². The molecule has 9 nitrogen and oxygen atoms in total. The summed E-state index contributed by atoms with van der Waals surface area (Å²) in [5.74, 6) is -0.616. The van der Waals surface area contributed by atoms with E-state index in [1.165, 1.54) is 0 Å². The Bertz CT molecular complexity index is 580. The van der Waals surface area contributed by atoms with Gasteiger partial charge in [-0.05, 0) is 38.8 Å². The molecule has 0 N–H and O–H groups in total. The van der Waals surface area contributed by atoms with Crippen molar-refractivity contribution < 1.29 is 41.2 Å². The Kier molecular flexibility index (Phi) is 17.6. The van der Waals surface area contributed by atoms with Crippen LogP contribution in [0.25, 0.3) is 0 Å². The zero-order valence-corrected chi connectivity index (χ0v) is 23.2. The molecular formula is C21H42O9Si2. The van der Waals surface area contributed by atoms with Gasteiger partial charge in [-0.25, -0.2) is 9.59 Å². The molecule has 0 radical (unpaired) electrons. The van der Waals surface area contributed by atoms with Gasteiger partial charge in [0.2, 0.25) is 0 Å². The third-order valence-corrected chi connectivity index (χ3v) is 10.7. The molecule has 32 heavy (non-hydrogen) atoms. The van der Waals surface area contributed by atoms with Crippen molar-refractivity contribution in [1.29, 1.82) is 0 Å². The first kappa shape index (κ1) is 32.8. The van der Waals surface area contributed by atoms with Crippen molar-refractivity contribution in [1.82, 2.24) is 0 Å². The molecule has 0 aromatic rings. The molecule has 0 bridgehead atoms. The molecule has 0 amide bonds. The molecule has 0 saturated carbocycles. The molecule has 0 saturated heterocycles. The van der Waals surface area contributed by atoms with E-state index < -0.39 is 17.4 Å². The van der Waals surface area contributed by atoms with E-state index in [4.69, 9.17) is 31.6 Å². The highest BCUT2D eigenvalue weighted by atomic mass is 28.4. The van der Waals surface area contributed by atoms with Crippen LogP contribution in [-0.4, -0.2) is 78.1 Å². The molecule has 0 aliphatic heterocycles. The van der Waals surface area contributed by atoms with E-state index in [2.05, 4.69) is 13.2 Å². The number of hydrogen-bond donors (Lipinski definition) is 0. The van der Waals surface area contributed by atoms with Crippen molar-refractivity contribution in [3.8, 4) is 0 Å². The minimum absolute atomic E-state index is 0.102. The fourth-order valence-electron chi connectivity index (χ4n) is 2.30. The first-order valence-corrected chi connectivity index (χ1v) is 14.7. The van der Waals surface area contributed by atoms with E-state index in [9.17, 15) is 9.59 Å². The van der Waals surface area contributed by atoms with Gasteiger partial charge in [0.05, 0.1) is 13.2 Å². The smallest absolute Gasteiger partial charge is 0.462 e. The van der Waals surface area contributed by atoms with Crippen molar-refractivity contribution in [2.75, 3.05) is 48.8 Å². The van der Waals surface area contributed by atoms with Crippen LogP contribution in [0.4, 0.5) is 0 Å². The number of hydrogen-bond acceptors (Lipinski definition) is 9. The largest absolute Gasteiger partial charge is 0.500 e. The average Bonchev–Trinajstić information content (AvgIpc) is 2.78. The highest BCUT2D eigenvalue weighted by Gasteiger charge is 2.39. The second-order valence-electron chi connectivity index (χ2n) is 7.55. The molecule has 0 aliphatic carbocycles. The average molecular weight is 495 g/mol. The summed E-state index contributed by atoms with van der Waals surface area (Å²) in [6.45, 7) is 14.9. The van der Waals surface area contributed by atoms with Crippen LogP contribution in [0.1, 0.15) is 27.2 Å². The van der Waals surface area contributed by atoms with E-state index in [1.54, 1.807) is 49.4 Å². The predicted molar refractivity (Wildman–Crippen MR) is 127 cm³/mol. The summed E-state index contributed by atoms with van der Waals surface area (Å²) >= 11 is 0. The number of ether oxygens (including phenoxy) is 2. The first-order valence-electron chi connectivity index (χ1n) is 10.3. The van der Waals surface area contributed by atoms with Crippen molar-refractivity contribution in [2.45, 2.75) is 45.8 Å². The molecule has 0 rings (SSSR count). The molecule has 1 atom stereocenters. The van der Waals surface area contributed by atoms with Crippen LogP contribution in [0.15, 0.2) is 24.3 Å². The summed E-state index contributed by atoms with van der Waals surface area (Å²) in [6.07, 6.45) is 0.753. The van der Waals surface area contributed by atoms with Gasteiger partial charge in [-0.3, -0.25) is 0 Å². The van der Waals surface area contributed by atoms with Gasteiger partial charge in [-0.1, -0.05) is 20.1 Å². The Morgan fingerprint density at radius 3 is 1.62 bits per heavy atom. The molecule has 0 spiro atoms. The molecule has 11 heteroatoms. The Balaban J connectivity index is 0. The van der Waals surface area contributed by atoms with E-state index in [0.29, 0.717) is 30.4 Å². The molecule has 188 valence electrons. The number of esters is 2. The zero-order chi connectivity index (χ0) is 25.4. The van der Waals surface area contributed by atoms with Gasteiger partial charge < -0.3 is 31.6 Å². The lowest BCUT2D eigenvalue weighted by atomic mass is 10.2. The number of carbonyl (C=O) groups excluding carboxylic acids is 2. The molecule has 1 unspecified atom stereocenters. The second kappa shape index (κ2) is 17.2. The fraction of sp³-hybridized carbons (Fsp3) is 0.714. The standard InChI is InChI=1S/C11H22O5Si.C10H20O4Si/c1-9(2)11(12)16-7-10(3)8-17(13-4,14-5)15-6;1-9(2)10(11)14-7-6-8-15(5,12-3)13-4/h10H,1,7-8H2,2-6H3;1,6-8H2,2-5H3. The van der Waals surface area contributed by atoms with Gasteiger partial charge in [0.25, 0.3) is 0 Å². The lowest BCUT2D eigenvalue weighted by Crippen LogP contribution is -2.44. The third kappa shape index (κ3) is 13.9. The normalized spacial score (nSPS) is 12.3. The van der Waals surface area contributed by atoms with Crippen molar-refractivity contribution in [3.05, 3.63) is 24.3 Å². The van der Waals surface area contributed by atoms with Crippen molar-refractivity contribution in [2.24, 2.45) is 5.92 Å². The van der Waals surface area contributed by atoms with Crippen LogP contribution >= 0.6 is 0 Å². The van der Waals surface area contributed by atoms with Crippen LogP contribution in [0, 0.1) is 5.92 Å². The maximum absolute atomic E-state index is 11.2. The molecule has 0 aliphatic rings. The molecular weight excluding hydrogens is 452 g/mol. The zero-order valence-electron chi connectivity index (χ0n) is 21.2. The maximum atomic E-state index is 11.2. The highest BCUT2D eigenvalue weighted by molar-refractivity contribution is 6.65. The number of carbonyl (C=O) groups is 2. The van der Waals surface area contributed by atoms with Crippen molar-refractivity contribution in [3.63, 3.8) is 0 Å². The number of rotatable bonds is 15. The van der Waals surface area contributed by atoms with Gasteiger partial charge >= 0.3 is 29.3 Å². The Hall–Kier alpha value is -1.35. The van der Waals surface area contributed by atoms with Gasteiger partial charge in [-0.2, -0.15) is 0 Å². The van der Waals surface area contributed by atoms with Crippen LogP contribution < -0.4 is 0 Å². The minimum Gasteiger partial charge on any atom is -0.462 e. The monoisotopic (exact) mass is 494 g/mol. The SMILES string of the molecule is C=C(C)C(=O)OCC(C)C[Si](OC)(OC)OC.C=C(C)C(=O)OCCC[Si](C)(OC)OC. The first-order chi connectivity index (χ1) is 14.9. The lowest BCUT2D eigenvalue weighted by molar-refractivity contribution is -0.140. The lowest BCUT2D eigenvalue weighted by Gasteiger charge is -2.26. The predicted octanol–water partition coefficient (Wildman–Crippen LogP) is 3.48. The molecule has 0 aromatic carbocycles. The van der Waals surface area contributed by atoms with E-state index >= 15 is 0 Å². The maximum Gasteiger partial charge on any atom is 0.500 e. The second-order valence-corrected chi connectivity index (χ2v) is 14.1. The van der Waals surface area contributed by atoms with Gasteiger partial charge in [0.1, 0.15) is 0 Å².